The quantitative estimate of drug-likeness (QED) is 0.415. The fourth-order valence-corrected chi connectivity index (χ4v) is 2.88. The Balaban J connectivity index is 2.06. The van der Waals surface area contributed by atoms with Crippen LogP contribution in [0.3, 0.4) is 0 Å². The van der Waals surface area contributed by atoms with Crippen molar-refractivity contribution in [1.82, 2.24) is 0 Å². The molecule has 0 bridgehead atoms. The molecule has 0 aromatic heterocycles. The molecule has 0 heterocycles. The van der Waals surface area contributed by atoms with Crippen molar-refractivity contribution < 1.29 is 0 Å². The van der Waals surface area contributed by atoms with Crippen LogP contribution in [0.15, 0.2) is 12.2 Å². The van der Waals surface area contributed by atoms with Crippen LogP contribution < -0.4 is 0 Å². The van der Waals surface area contributed by atoms with E-state index in [1.165, 1.54) is 103 Å². The lowest BCUT2D eigenvalue weighted by Gasteiger charge is -2.03. The zero-order valence-electron chi connectivity index (χ0n) is 12.5. The Labute approximate surface area is 115 Å². The van der Waals surface area contributed by atoms with E-state index < -0.39 is 0 Å². The van der Waals surface area contributed by atoms with Crippen LogP contribution in [0.4, 0.5) is 0 Å². The van der Waals surface area contributed by atoms with Gasteiger partial charge in [0.05, 0.1) is 0 Å². The van der Waals surface area contributed by atoms with Crippen molar-refractivity contribution >= 4 is 0 Å². The van der Waals surface area contributed by atoms with Gasteiger partial charge < -0.3 is 0 Å². The van der Waals surface area contributed by atoms with Crippen LogP contribution in [0, 0.1) is 0 Å². The minimum Gasteiger partial charge on any atom is -0.0885 e. The Morgan fingerprint density at radius 3 is 0.778 bits per heavy atom. The average Bonchev–Trinajstić information content (AvgIpc) is 2.39. The molecule has 0 aromatic rings. The molecule has 0 atom stereocenters. The molecule has 0 N–H and O–H groups in total. The molecule has 0 heteroatoms. The van der Waals surface area contributed by atoms with E-state index in [0.717, 1.165) is 0 Å². The SMILES string of the molecule is C1=CCCCCCCCCCCCCCCCC1. The highest BCUT2D eigenvalue weighted by atomic mass is 14.0. The molecule has 0 saturated heterocycles. The van der Waals surface area contributed by atoms with E-state index in [1.807, 2.05) is 0 Å². The van der Waals surface area contributed by atoms with Gasteiger partial charge >= 0.3 is 0 Å². The van der Waals surface area contributed by atoms with Crippen LogP contribution in [-0.2, 0) is 0 Å². The maximum absolute atomic E-state index is 2.42. The van der Waals surface area contributed by atoms with Gasteiger partial charge in [-0.25, -0.2) is 0 Å². The van der Waals surface area contributed by atoms with Crippen molar-refractivity contribution in [3.63, 3.8) is 0 Å². The van der Waals surface area contributed by atoms with Gasteiger partial charge in [0.1, 0.15) is 0 Å². The van der Waals surface area contributed by atoms with Crippen LogP contribution in [-0.4, -0.2) is 0 Å². The molecular formula is C18H34. The fourth-order valence-electron chi connectivity index (χ4n) is 2.88. The van der Waals surface area contributed by atoms with Crippen molar-refractivity contribution in [2.45, 2.75) is 103 Å². The summed E-state index contributed by atoms with van der Waals surface area (Å²) in [5.41, 5.74) is 0. The molecule has 0 aliphatic heterocycles. The molecule has 0 saturated carbocycles. The van der Waals surface area contributed by atoms with E-state index in [1.54, 1.807) is 0 Å². The molecule has 1 aliphatic carbocycles. The van der Waals surface area contributed by atoms with Gasteiger partial charge in [-0.05, 0) is 25.7 Å². The van der Waals surface area contributed by atoms with E-state index in [9.17, 15) is 0 Å². The monoisotopic (exact) mass is 250 g/mol. The Morgan fingerprint density at radius 2 is 0.500 bits per heavy atom. The number of hydrogen-bond acceptors (Lipinski definition) is 0. The van der Waals surface area contributed by atoms with Gasteiger partial charge in [0.15, 0.2) is 0 Å². The van der Waals surface area contributed by atoms with E-state index in [0.29, 0.717) is 0 Å². The topological polar surface area (TPSA) is 0 Å². The van der Waals surface area contributed by atoms with Gasteiger partial charge in [0.25, 0.3) is 0 Å². The Morgan fingerprint density at radius 1 is 0.278 bits per heavy atom. The van der Waals surface area contributed by atoms with E-state index in [2.05, 4.69) is 12.2 Å². The summed E-state index contributed by atoms with van der Waals surface area (Å²) in [5.74, 6) is 0. The Kier molecular flexibility index (Phi) is 11.6. The third kappa shape index (κ3) is 10.9. The van der Waals surface area contributed by atoms with Crippen molar-refractivity contribution in [2.75, 3.05) is 0 Å². The van der Waals surface area contributed by atoms with Crippen molar-refractivity contribution in [3.05, 3.63) is 12.2 Å². The van der Waals surface area contributed by atoms with Crippen LogP contribution in [0.5, 0.6) is 0 Å². The first-order chi connectivity index (χ1) is 9.00. The standard InChI is InChI=1S/C18H34/c1-2-4-6-8-10-12-14-16-18-17-15-13-11-9-7-5-3-1/h1-2H,3-18H2. The minimum atomic E-state index is 1.32. The second-order valence-corrected chi connectivity index (χ2v) is 6.00. The zero-order chi connectivity index (χ0) is 12.7. The minimum absolute atomic E-state index is 1.32. The first-order valence-electron chi connectivity index (χ1n) is 8.65. The number of hydrogen-bond donors (Lipinski definition) is 0. The van der Waals surface area contributed by atoms with Gasteiger partial charge in [-0.1, -0.05) is 89.2 Å². The third-order valence-electron chi connectivity index (χ3n) is 4.16. The largest absolute Gasteiger partial charge is 0.0885 e. The van der Waals surface area contributed by atoms with Gasteiger partial charge in [0, 0.05) is 0 Å². The number of rotatable bonds is 0. The number of allylic oxidation sites excluding steroid dienone is 2. The molecule has 1 aliphatic rings. The summed E-state index contributed by atoms with van der Waals surface area (Å²) < 4.78 is 0. The zero-order valence-corrected chi connectivity index (χ0v) is 12.5. The molecule has 0 radical (unpaired) electrons. The molecule has 0 fully saturated rings. The fraction of sp³-hybridized carbons (Fsp3) is 0.889. The predicted octanol–water partition coefficient (Wildman–Crippen LogP) is 6.80. The molecule has 0 nitrogen and oxygen atoms in total. The molecule has 106 valence electrons. The highest BCUT2D eigenvalue weighted by molar-refractivity contribution is 4.81. The first kappa shape index (κ1) is 15.8. The molecule has 18 heavy (non-hydrogen) atoms. The normalized spacial score (nSPS) is 23.1. The van der Waals surface area contributed by atoms with Gasteiger partial charge in [-0.3, -0.25) is 0 Å². The second-order valence-electron chi connectivity index (χ2n) is 6.00. The van der Waals surface area contributed by atoms with Gasteiger partial charge in [-0.2, -0.15) is 0 Å². The maximum atomic E-state index is 2.42. The van der Waals surface area contributed by atoms with E-state index in [-0.39, 0.29) is 0 Å². The Bertz CT molecular complexity index is 160. The van der Waals surface area contributed by atoms with Crippen LogP contribution in [0.1, 0.15) is 103 Å². The van der Waals surface area contributed by atoms with Crippen molar-refractivity contribution in [2.24, 2.45) is 0 Å². The summed E-state index contributed by atoms with van der Waals surface area (Å²) in [6.45, 7) is 0. The van der Waals surface area contributed by atoms with Crippen molar-refractivity contribution in [3.8, 4) is 0 Å². The first-order valence-corrected chi connectivity index (χ1v) is 8.65. The molecular weight excluding hydrogens is 216 g/mol. The second kappa shape index (κ2) is 13.2. The van der Waals surface area contributed by atoms with E-state index in [4.69, 9.17) is 0 Å². The van der Waals surface area contributed by atoms with Crippen molar-refractivity contribution in [1.29, 1.82) is 0 Å². The summed E-state index contributed by atoms with van der Waals surface area (Å²) in [6, 6.07) is 0. The molecule has 0 amide bonds. The molecule has 1 rings (SSSR count). The maximum Gasteiger partial charge on any atom is -0.0351 e. The lowest BCUT2D eigenvalue weighted by molar-refractivity contribution is 0.533. The highest BCUT2D eigenvalue weighted by Gasteiger charge is 1.94. The molecule has 0 unspecified atom stereocenters. The van der Waals surface area contributed by atoms with Gasteiger partial charge in [0.2, 0.25) is 0 Å². The lowest BCUT2D eigenvalue weighted by Crippen LogP contribution is -1.84. The lowest BCUT2D eigenvalue weighted by atomic mass is 10.0. The van der Waals surface area contributed by atoms with Crippen LogP contribution >= 0.6 is 0 Å². The summed E-state index contributed by atoms with van der Waals surface area (Å²) >= 11 is 0. The van der Waals surface area contributed by atoms with Crippen LogP contribution in [0.2, 0.25) is 0 Å². The summed E-state index contributed by atoms with van der Waals surface area (Å²) in [6.07, 6.45) is 28.0. The highest BCUT2D eigenvalue weighted by Crippen LogP contribution is 2.14. The predicted molar refractivity (Wildman–Crippen MR) is 83.0 cm³/mol. The van der Waals surface area contributed by atoms with Crippen LogP contribution in [0.25, 0.3) is 0 Å². The summed E-state index contributed by atoms with van der Waals surface area (Å²) in [5, 5.41) is 0. The third-order valence-corrected chi connectivity index (χ3v) is 4.16. The summed E-state index contributed by atoms with van der Waals surface area (Å²) in [4.78, 5) is 0. The average molecular weight is 250 g/mol. The van der Waals surface area contributed by atoms with Gasteiger partial charge in [-0.15, -0.1) is 0 Å². The molecule has 0 spiro atoms. The molecule has 0 aromatic carbocycles. The smallest absolute Gasteiger partial charge is 0.0351 e. The van der Waals surface area contributed by atoms with E-state index >= 15 is 0 Å². The summed E-state index contributed by atoms with van der Waals surface area (Å²) in [7, 11) is 0. The Hall–Kier alpha value is -0.260.